The zero-order valence-corrected chi connectivity index (χ0v) is 12.4. The SMILES string of the molecule is COCCC(C)(O)CNCc1ccc2c(c1)NC(=O)CO2. The zero-order chi connectivity index (χ0) is 15.3. The summed E-state index contributed by atoms with van der Waals surface area (Å²) in [6.45, 7) is 3.44. The molecule has 6 heteroatoms. The molecular weight excluding hydrogens is 272 g/mol. The van der Waals surface area contributed by atoms with Crippen LogP contribution in [0.25, 0.3) is 0 Å². The Labute approximate surface area is 124 Å². The molecule has 21 heavy (non-hydrogen) atoms. The molecule has 1 aliphatic heterocycles. The van der Waals surface area contributed by atoms with Gasteiger partial charge >= 0.3 is 0 Å². The van der Waals surface area contributed by atoms with Crippen LogP contribution in [0.3, 0.4) is 0 Å². The lowest BCUT2D eigenvalue weighted by Gasteiger charge is -2.23. The lowest BCUT2D eigenvalue weighted by molar-refractivity contribution is -0.118. The molecule has 6 nitrogen and oxygen atoms in total. The van der Waals surface area contributed by atoms with Gasteiger partial charge in [0.1, 0.15) is 5.75 Å². The summed E-state index contributed by atoms with van der Waals surface area (Å²) in [6, 6.07) is 5.66. The van der Waals surface area contributed by atoms with E-state index in [4.69, 9.17) is 9.47 Å². The second kappa shape index (κ2) is 6.89. The number of benzene rings is 1. The largest absolute Gasteiger partial charge is 0.482 e. The maximum Gasteiger partial charge on any atom is 0.262 e. The number of carbonyl (C=O) groups excluding carboxylic acids is 1. The third kappa shape index (κ3) is 4.70. The third-order valence-corrected chi connectivity index (χ3v) is 3.36. The van der Waals surface area contributed by atoms with E-state index in [1.807, 2.05) is 18.2 Å². The predicted octanol–water partition coefficient (Wildman–Crippen LogP) is 0.895. The first kappa shape index (κ1) is 15.8. The third-order valence-electron chi connectivity index (χ3n) is 3.36. The number of aliphatic hydroxyl groups is 1. The molecule has 0 saturated heterocycles. The first-order valence-corrected chi connectivity index (χ1v) is 6.98. The Bertz CT molecular complexity index is 502. The Balaban J connectivity index is 1.86. The summed E-state index contributed by atoms with van der Waals surface area (Å²) in [5.74, 6) is 0.542. The average molecular weight is 294 g/mol. The zero-order valence-electron chi connectivity index (χ0n) is 12.4. The number of amides is 1. The van der Waals surface area contributed by atoms with Gasteiger partial charge in [0.05, 0.1) is 11.3 Å². The smallest absolute Gasteiger partial charge is 0.262 e. The van der Waals surface area contributed by atoms with Crippen molar-refractivity contribution in [2.75, 3.05) is 32.2 Å². The van der Waals surface area contributed by atoms with Crippen LogP contribution >= 0.6 is 0 Å². The van der Waals surface area contributed by atoms with Gasteiger partial charge in [-0.25, -0.2) is 0 Å². The molecule has 0 radical (unpaired) electrons. The molecule has 0 aromatic heterocycles. The Morgan fingerprint density at radius 3 is 3.10 bits per heavy atom. The Morgan fingerprint density at radius 1 is 1.52 bits per heavy atom. The van der Waals surface area contributed by atoms with Crippen molar-refractivity contribution < 1.29 is 19.4 Å². The molecule has 0 fully saturated rings. The van der Waals surface area contributed by atoms with E-state index in [9.17, 15) is 9.90 Å². The van der Waals surface area contributed by atoms with Gasteiger partial charge in [0.15, 0.2) is 6.61 Å². The highest BCUT2D eigenvalue weighted by molar-refractivity contribution is 5.95. The van der Waals surface area contributed by atoms with Crippen LogP contribution in [0.1, 0.15) is 18.9 Å². The molecule has 1 aromatic rings. The van der Waals surface area contributed by atoms with Crippen LogP contribution in [0.15, 0.2) is 18.2 Å². The summed E-state index contributed by atoms with van der Waals surface area (Å²) >= 11 is 0. The number of hydrogen-bond donors (Lipinski definition) is 3. The van der Waals surface area contributed by atoms with Gasteiger partial charge in [-0.3, -0.25) is 4.79 Å². The van der Waals surface area contributed by atoms with Gasteiger partial charge in [-0.2, -0.15) is 0 Å². The van der Waals surface area contributed by atoms with Crippen molar-refractivity contribution in [1.29, 1.82) is 0 Å². The molecule has 1 atom stereocenters. The van der Waals surface area contributed by atoms with E-state index >= 15 is 0 Å². The van der Waals surface area contributed by atoms with E-state index in [0.717, 1.165) is 5.56 Å². The normalized spacial score (nSPS) is 16.6. The van der Waals surface area contributed by atoms with Crippen LogP contribution in [0.4, 0.5) is 5.69 Å². The minimum atomic E-state index is -0.804. The second-order valence-corrected chi connectivity index (χ2v) is 5.51. The van der Waals surface area contributed by atoms with E-state index in [1.54, 1.807) is 14.0 Å². The van der Waals surface area contributed by atoms with E-state index in [-0.39, 0.29) is 12.5 Å². The molecule has 2 rings (SSSR count). The summed E-state index contributed by atoms with van der Waals surface area (Å²) in [7, 11) is 1.62. The van der Waals surface area contributed by atoms with Crippen molar-refractivity contribution in [3.05, 3.63) is 23.8 Å². The average Bonchev–Trinajstić information content (AvgIpc) is 2.44. The van der Waals surface area contributed by atoms with Crippen LogP contribution in [0.5, 0.6) is 5.75 Å². The molecule has 116 valence electrons. The van der Waals surface area contributed by atoms with Crippen molar-refractivity contribution in [3.8, 4) is 5.75 Å². The molecule has 1 unspecified atom stereocenters. The van der Waals surface area contributed by atoms with Crippen molar-refractivity contribution in [3.63, 3.8) is 0 Å². The molecule has 0 bridgehead atoms. The highest BCUT2D eigenvalue weighted by atomic mass is 16.5. The topological polar surface area (TPSA) is 79.8 Å². The molecule has 1 heterocycles. The van der Waals surface area contributed by atoms with Crippen molar-refractivity contribution in [1.82, 2.24) is 5.32 Å². The van der Waals surface area contributed by atoms with Gasteiger partial charge in [0, 0.05) is 33.2 Å². The molecule has 0 saturated carbocycles. The number of hydrogen-bond acceptors (Lipinski definition) is 5. The molecule has 3 N–H and O–H groups in total. The molecule has 1 amide bonds. The van der Waals surface area contributed by atoms with Gasteiger partial charge < -0.3 is 25.2 Å². The minimum absolute atomic E-state index is 0.0625. The number of anilines is 1. The fraction of sp³-hybridized carbons (Fsp3) is 0.533. The molecule has 0 spiro atoms. The first-order chi connectivity index (χ1) is 10.00. The van der Waals surface area contributed by atoms with E-state index < -0.39 is 5.60 Å². The highest BCUT2D eigenvalue weighted by Crippen LogP contribution is 2.28. The quantitative estimate of drug-likeness (QED) is 0.696. The molecule has 0 aliphatic carbocycles. The number of ether oxygens (including phenoxy) is 2. The summed E-state index contributed by atoms with van der Waals surface area (Å²) in [5.41, 5.74) is 0.903. The van der Waals surface area contributed by atoms with Gasteiger partial charge in [0.2, 0.25) is 0 Å². The van der Waals surface area contributed by atoms with E-state index in [2.05, 4.69) is 10.6 Å². The molecule has 1 aromatic carbocycles. The van der Waals surface area contributed by atoms with Crippen molar-refractivity contribution in [2.24, 2.45) is 0 Å². The summed E-state index contributed by atoms with van der Waals surface area (Å²) in [6.07, 6.45) is 0.574. The highest BCUT2D eigenvalue weighted by Gasteiger charge is 2.19. The monoisotopic (exact) mass is 294 g/mol. The van der Waals surface area contributed by atoms with Gasteiger partial charge in [-0.05, 0) is 24.6 Å². The van der Waals surface area contributed by atoms with Gasteiger partial charge in [-0.1, -0.05) is 6.07 Å². The van der Waals surface area contributed by atoms with Crippen LogP contribution in [-0.2, 0) is 16.1 Å². The fourth-order valence-electron chi connectivity index (χ4n) is 2.13. The Hall–Kier alpha value is -1.63. The van der Waals surface area contributed by atoms with E-state index in [0.29, 0.717) is 37.6 Å². The number of carbonyl (C=O) groups is 1. The number of rotatable bonds is 7. The number of fused-ring (bicyclic) bond motifs is 1. The first-order valence-electron chi connectivity index (χ1n) is 6.98. The molecular formula is C15H22N2O4. The van der Waals surface area contributed by atoms with Gasteiger partial charge in [-0.15, -0.1) is 0 Å². The lowest BCUT2D eigenvalue weighted by atomic mass is 10.0. The van der Waals surface area contributed by atoms with Crippen molar-refractivity contribution >= 4 is 11.6 Å². The maximum absolute atomic E-state index is 11.3. The lowest BCUT2D eigenvalue weighted by Crippen LogP contribution is -2.38. The Kier molecular flexibility index (Phi) is 5.17. The second-order valence-electron chi connectivity index (χ2n) is 5.51. The predicted molar refractivity (Wildman–Crippen MR) is 79.4 cm³/mol. The molecule has 1 aliphatic rings. The summed E-state index contributed by atoms with van der Waals surface area (Å²) in [5, 5.41) is 16.1. The number of methoxy groups -OCH3 is 1. The summed E-state index contributed by atoms with van der Waals surface area (Å²) < 4.78 is 10.3. The van der Waals surface area contributed by atoms with Gasteiger partial charge in [0.25, 0.3) is 5.91 Å². The van der Waals surface area contributed by atoms with Crippen LogP contribution in [-0.4, -0.2) is 43.5 Å². The van der Waals surface area contributed by atoms with Crippen molar-refractivity contribution in [2.45, 2.75) is 25.5 Å². The van der Waals surface area contributed by atoms with Crippen LogP contribution < -0.4 is 15.4 Å². The Morgan fingerprint density at radius 2 is 2.33 bits per heavy atom. The minimum Gasteiger partial charge on any atom is -0.482 e. The standard InChI is InChI=1S/C15H22N2O4/c1-15(19,5-6-20-2)10-16-8-11-3-4-13-12(7-11)17-14(18)9-21-13/h3-4,7,16,19H,5-6,8-10H2,1-2H3,(H,17,18). The number of nitrogens with one attached hydrogen (secondary N) is 2. The maximum atomic E-state index is 11.3. The fourth-order valence-corrected chi connectivity index (χ4v) is 2.13. The van der Waals surface area contributed by atoms with E-state index in [1.165, 1.54) is 0 Å². The summed E-state index contributed by atoms with van der Waals surface area (Å²) in [4.78, 5) is 11.3. The van der Waals surface area contributed by atoms with Crippen LogP contribution in [0, 0.1) is 0 Å². The van der Waals surface area contributed by atoms with Crippen LogP contribution in [0.2, 0.25) is 0 Å².